The van der Waals surface area contributed by atoms with Crippen LogP contribution in [0.4, 0.5) is 0 Å². The van der Waals surface area contributed by atoms with E-state index in [1.54, 1.807) is 0 Å². The average Bonchev–Trinajstić information content (AvgIpc) is 2.25. The maximum atomic E-state index is 4.04. The first kappa shape index (κ1) is 16.3. The van der Waals surface area contributed by atoms with Gasteiger partial charge in [-0.25, -0.2) is 12.2 Å². The van der Waals surface area contributed by atoms with Crippen LogP contribution in [0.3, 0.4) is 0 Å². The van der Waals surface area contributed by atoms with Gasteiger partial charge in [-0.1, -0.05) is 32.6 Å². The van der Waals surface area contributed by atoms with E-state index in [1.807, 2.05) is 12.2 Å². The van der Waals surface area contributed by atoms with Crippen molar-refractivity contribution in [2.75, 3.05) is 0 Å². The Hall–Kier alpha value is 0.324. The van der Waals surface area contributed by atoms with E-state index in [0.717, 1.165) is 18.3 Å². The smallest absolute Gasteiger partial charge is 0 e. The fourth-order valence-corrected chi connectivity index (χ4v) is 2.27. The molecule has 87 valence electrons. The summed E-state index contributed by atoms with van der Waals surface area (Å²) in [6.45, 7) is 9.95. The van der Waals surface area contributed by atoms with E-state index in [-0.39, 0.29) is 32.7 Å². The van der Waals surface area contributed by atoms with Crippen molar-refractivity contribution in [3.8, 4) is 0 Å². The van der Waals surface area contributed by atoms with Gasteiger partial charge in [0, 0.05) is 32.7 Å². The van der Waals surface area contributed by atoms with Crippen LogP contribution in [0.15, 0.2) is 30.9 Å². The van der Waals surface area contributed by atoms with Gasteiger partial charge in [-0.05, 0) is 24.7 Å². The minimum Gasteiger partial charge on any atom is -0.258 e. The summed E-state index contributed by atoms with van der Waals surface area (Å²) in [5.41, 5.74) is 1.21. The zero-order chi connectivity index (χ0) is 11.1. The van der Waals surface area contributed by atoms with Crippen LogP contribution in [0.2, 0.25) is 0 Å². The maximum Gasteiger partial charge on any atom is 0 e. The number of hydrogen-bond donors (Lipinski definition) is 0. The molecule has 1 saturated carbocycles. The fourth-order valence-electron chi connectivity index (χ4n) is 2.27. The molecule has 0 atom stereocenters. The fraction of sp³-hybridized carbons (Fsp3) is 0.600. The van der Waals surface area contributed by atoms with Crippen molar-refractivity contribution < 1.29 is 32.7 Å². The molecule has 0 bridgehead atoms. The second-order valence-electron chi connectivity index (χ2n) is 4.86. The van der Waals surface area contributed by atoms with Crippen LogP contribution >= 0.6 is 0 Å². The minimum absolute atomic E-state index is 0. The SMILES string of the molecule is C=[C-]/C=C\C(=C)CCC1CCC(C)CC1.[Y]. The number of allylic oxidation sites excluding steroid dienone is 4. The summed E-state index contributed by atoms with van der Waals surface area (Å²) in [7, 11) is 0. The van der Waals surface area contributed by atoms with Gasteiger partial charge in [-0.3, -0.25) is 6.08 Å². The molecule has 0 aliphatic heterocycles. The van der Waals surface area contributed by atoms with Crippen molar-refractivity contribution in [3.63, 3.8) is 0 Å². The van der Waals surface area contributed by atoms with Gasteiger partial charge in [0.25, 0.3) is 0 Å². The van der Waals surface area contributed by atoms with E-state index in [2.05, 4.69) is 26.2 Å². The summed E-state index contributed by atoms with van der Waals surface area (Å²) in [6.07, 6.45) is 14.8. The molecule has 0 unspecified atom stereocenters. The van der Waals surface area contributed by atoms with Crippen molar-refractivity contribution in [2.45, 2.75) is 45.4 Å². The molecule has 0 saturated heterocycles. The third-order valence-corrected chi connectivity index (χ3v) is 3.45. The van der Waals surface area contributed by atoms with Crippen LogP contribution in [0.5, 0.6) is 0 Å². The van der Waals surface area contributed by atoms with Gasteiger partial charge in [0.15, 0.2) is 0 Å². The maximum absolute atomic E-state index is 4.04. The predicted molar refractivity (Wildman–Crippen MR) is 67.5 cm³/mol. The zero-order valence-electron chi connectivity index (χ0n) is 10.5. The predicted octanol–water partition coefficient (Wildman–Crippen LogP) is 4.69. The quantitative estimate of drug-likeness (QED) is 0.509. The molecule has 0 spiro atoms. The third kappa shape index (κ3) is 6.81. The molecule has 0 heterocycles. The van der Waals surface area contributed by atoms with E-state index < -0.39 is 0 Å². The Balaban J connectivity index is 0.00000225. The first-order chi connectivity index (χ1) is 7.22. The monoisotopic (exact) mass is 292 g/mol. The van der Waals surface area contributed by atoms with E-state index in [9.17, 15) is 0 Å². The van der Waals surface area contributed by atoms with Gasteiger partial charge in [0.1, 0.15) is 0 Å². The number of hydrogen-bond acceptors (Lipinski definition) is 0. The van der Waals surface area contributed by atoms with Crippen LogP contribution in [0.25, 0.3) is 0 Å². The summed E-state index contributed by atoms with van der Waals surface area (Å²) in [6, 6.07) is 0. The molecule has 0 amide bonds. The molecule has 1 rings (SSSR count). The van der Waals surface area contributed by atoms with Crippen molar-refractivity contribution in [1.29, 1.82) is 0 Å². The van der Waals surface area contributed by atoms with Crippen molar-refractivity contribution in [1.82, 2.24) is 0 Å². The number of rotatable bonds is 5. The van der Waals surface area contributed by atoms with Gasteiger partial charge >= 0.3 is 0 Å². The summed E-state index contributed by atoms with van der Waals surface area (Å²) in [5, 5.41) is 0. The molecule has 1 aliphatic carbocycles. The molecule has 0 N–H and O–H groups in total. The molecule has 1 aliphatic rings. The van der Waals surface area contributed by atoms with Gasteiger partial charge in [0.05, 0.1) is 0 Å². The average molecular weight is 292 g/mol. The summed E-state index contributed by atoms with van der Waals surface area (Å²) >= 11 is 0. The van der Waals surface area contributed by atoms with E-state index in [0.29, 0.717) is 0 Å². The molecule has 16 heavy (non-hydrogen) atoms. The summed E-state index contributed by atoms with van der Waals surface area (Å²) in [4.78, 5) is 0. The van der Waals surface area contributed by atoms with Crippen LogP contribution in [0.1, 0.15) is 45.4 Å². The molecular weight excluding hydrogens is 269 g/mol. The van der Waals surface area contributed by atoms with E-state index >= 15 is 0 Å². The Morgan fingerprint density at radius 2 is 1.94 bits per heavy atom. The van der Waals surface area contributed by atoms with Crippen LogP contribution in [-0.2, 0) is 32.7 Å². The Morgan fingerprint density at radius 3 is 2.50 bits per heavy atom. The summed E-state index contributed by atoms with van der Waals surface area (Å²) < 4.78 is 0. The molecule has 0 nitrogen and oxygen atoms in total. The Bertz CT molecular complexity index is 232. The largest absolute Gasteiger partial charge is 0.258 e. The molecule has 1 radical (unpaired) electrons. The standard InChI is InChI=1S/C15H23.Y/c1-4-5-6-13(2)7-10-15-11-8-14(3)9-12-15;/h5-6,14-15H,1-2,7-12H2,3H3;/q-1;/b6-5-;. The van der Waals surface area contributed by atoms with Gasteiger partial charge in [-0.15, -0.1) is 12.2 Å². The van der Waals surface area contributed by atoms with Crippen LogP contribution in [0, 0.1) is 17.9 Å². The molecular formula is C15H23Y-. The van der Waals surface area contributed by atoms with Crippen molar-refractivity contribution in [3.05, 3.63) is 37.0 Å². The second kappa shape index (κ2) is 9.36. The topological polar surface area (TPSA) is 0 Å². The minimum atomic E-state index is 0. The van der Waals surface area contributed by atoms with Crippen molar-refractivity contribution in [2.24, 2.45) is 11.8 Å². The van der Waals surface area contributed by atoms with Crippen molar-refractivity contribution >= 4 is 0 Å². The Kier molecular flexibility index (Phi) is 9.55. The van der Waals surface area contributed by atoms with E-state index in [4.69, 9.17) is 0 Å². The molecule has 0 aromatic heterocycles. The molecule has 1 fully saturated rings. The van der Waals surface area contributed by atoms with Gasteiger partial charge in [0.2, 0.25) is 0 Å². The first-order valence-electron chi connectivity index (χ1n) is 6.09. The van der Waals surface area contributed by atoms with Gasteiger partial charge < -0.3 is 0 Å². The summed E-state index contributed by atoms with van der Waals surface area (Å²) in [5.74, 6) is 1.90. The van der Waals surface area contributed by atoms with Crippen LogP contribution in [-0.4, -0.2) is 0 Å². The Morgan fingerprint density at radius 1 is 1.31 bits per heavy atom. The molecule has 0 aromatic rings. The third-order valence-electron chi connectivity index (χ3n) is 3.45. The van der Waals surface area contributed by atoms with E-state index in [1.165, 1.54) is 37.7 Å². The Labute approximate surface area is 126 Å². The van der Waals surface area contributed by atoms with Gasteiger partial charge in [-0.2, -0.15) is 6.58 Å². The first-order valence-corrected chi connectivity index (χ1v) is 6.09. The van der Waals surface area contributed by atoms with Crippen LogP contribution < -0.4 is 0 Å². The molecule has 0 aromatic carbocycles. The normalized spacial score (nSPS) is 25.1. The molecule has 1 heteroatoms. The zero-order valence-corrected chi connectivity index (χ0v) is 13.4. The second-order valence-corrected chi connectivity index (χ2v) is 4.86.